The number of benzene rings is 2. The van der Waals surface area contributed by atoms with Gasteiger partial charge in [0.2, 0.25) is 0 Å². The highest BCUT2D eigenvalue weighted by atomic mass is 32.2. The van der Waals surface area contributed by atoms with E-state index in [0.29, 0.717) is 0 Å². The van der Waals surface area contributed by atoms with Gasteiger partial charge < -0.3 is 0 Å². The van der Waals surface area contributed by atoms with E-state index in [1.165, 1.54) is 0 Å². The van der Waals surface area contributed by atoms with E-state index in [0.717, 1.165) is 40.2 Å². The number of nitrogens with zero attached hydrogens (tertiary/aromatic N) is 1. The van der Waals surface area contributed by atoms with Crippen molar-refractivity contribution in [3.05, 3.63) is 59.7 Å². The summed E-state index contributed by atoms with van der Waals surface area (Å²) in [6, 6.07) is 17.9. The largest absolute Gasteiger partial charge is 0.249 e. The van der Waals surface area contributed by atoms with E-state index in [1.807, 2.05) is 62.4 Å². The Kier molecular flexibility index (Phi) is 5.74. The second-order valence-corrected chi connectivity index (χ2v) is 7.32. The molecular weight excluding hydrogens is 302 g/mol. The molecule has 0 spiro atoms. The molecule has 0 aliphatic rings. The zero-order valence-corrected chi connectivity index (χ0v) is 14.8. The minimum Gasteiger partial charge on any atom is -0.249 e. The van der Waals surface area contributed by atoms with Crippen LogP contribution in [0.3, 0.4) is 0 Å². The molecule has 2 nitrogen and oxygen atoms in total. The first-order valence-corrected chi connectivity index (χ1v) is 9.22. The van der Waals surface area contributed by atoms with Gasteiger partial charge in [-0.2, -0.15) is 5.26 Å². The van der Waals surface area contributed by atoms with E-state index in [9.17, 15) is 9.47 Å². The van der Waals surface area contributed by atoms with Crippen LogP contribution in [0, 0.1) is 18.3 Å². The third kappa shape index (κ3) is 3.54. The molecule has 0 fully saturated rings. The Bertz CT molecular complexity index is 730. The molecule has 120 valence electrons. The number of rotatable bonds is 6. The summed E-state index contributed by atoms with van der Waals surface area (Å²) in [5, 5.41) is 9.83. The summed E-state index contributed by atoms with van der Waals surface area (Å²) in [4.78, 5) is 1.54. The molecule has 2 aromatic rings. The highest BCUT2D eigenvalue weighted by Crippen LogP contribution is 2.37. The number of aryl methyl sites for hydroxylation is 1. The summed E-state index contributed by atoms with van der Waals surface area (Å²) in [5.41, 5.74) is 1.49. The Morgan fingerprint density at radius 3 is 2.30 bits per heavy atom. The quantitative estimate of drug-likeness (QED) is 0.738. The first-order valence-electron chi connectivity index (χ1n) is 8.07. The molecule has 3 heteroatoms. The van der Waals surface area contributed by atoms with Crippen molar-refractivity contribution in [2.75, 3.05) is 0 Å². The lowest BCUT2D eigenvalue weighted by molar-refractivity contribution is 0.471. The highest BCUT2D eigenvalue weighted by molar-refractivity contribution is 7.85. The van der Waals surface area contributed by atoms with Crippen molar-refractivity contribution in [3.63, 3.8) is 0 Å². The third-order valence-electron chi connectivity index (χ3n) is 4.33. The van der Waals surface area contributed by atoms with Gasteiger partial charge in [0, 0.05) is 9.79 Å². The summed E-state index contributed by atoms with van der Waals surface area (Å²) in [6.45, 7) is 6.13. The summed E-state index contributed by atoms with van der Waals surface area (Å²) < 4.78 is 13.1. The van der Waals surface area contributed by atoms with Gasteiger partial charge in [-0.05, 0) is 43.5 Å². The van der Waals surface area contributed by atoms with Crippen LogP contribution in [-0.4, -0.2) is 4.21 Å². The molecule has 0 radical (unpaired) electrons. The highest BCUT2D eigenvalue weighted by Gasteiger charge is 2.33. The maximum atomic E-state index is 13.1. The molecule has 0 bridgehead atoms. The Morgan fingerprint density at radius 1 is 1.09 bits per heavy atom. The predicted octanol–water partition coefficient (Wildman–Crippen LogP) is 5.13. The van der Waals surface area contributed by atoms with Gasteiger partial charge in [-0.25, -0.2) is 4.21 Å². The predicted molar refractivity (Wildman–Crippen MR) is 94.8 cm³/mol. The van der Waals surface area contributed by atoms with Gasteiger partial charge in [-0.3, -0.25) is 0 Å². The van der Waals surface area contributed by atoms with Crippen molar-refractivity contribution in [2.45, 2.75) is 55.2 Å². The molecule has 1 unspecified atom stereocenters. The van der Waals surface area contributed by atoms with Gasteiger partial charge in [0.05, 0.1) is 22.3 Å². The monoisotopic (exact) mass is 325 g/mol. The smallest absolute Gasteiger partial charge is 0.0852 e. The van der Waals surface area contributed by atoms with E-state index in [1.54, 1.807) is 0 Å². The van der Waals surface area contributed by atoms with Gasteiger partial charge in [0.25, 0.3) is 0 Å². The average Bonchev–Trinajstić information content (AvgIpc) is 2.60. The SMILES string of the molecule is CCC[C@](C#N)(CC)c1ccccc1S(=O)c1ccc(C)cc1. The van der Waals surface area contributed by atoms with Gasteiger partial charge in [0.1, 0.15) is 0 Å². The van der Waals surface area contributed by atoms with Crippen LogP contribution < -0.4 is 0 Å². The van der Waals surface area contributed by atoms with Crippen LogP contribution in [0.2, 0.25) is 0 Å². The molecule has 2 atom stereocenters. The summed E-state index contributed by atoms with van der Waals surface area (Å²) in [7, 11) is -1.27. The molecule has 23 heavy (non-hydrogen) atoms. The molecule has 0 aliphatic heterocycles. The molecule has 2 rings (SSSR count). The Balaban J connectivity index is 2.55. The van der Waals surface area contributed by atoms with E-state index in [-0.39, 0.29) is 0 Å². The second-order valence-electron chi connectivity index (χ2n) is 5.88. The first-order chi connectivity index (χ1) is 11.1. The molecule has 0 heterocycles. The van der Waals surface area contributed by atoms with Crippen molar-refractivity contribution in [3.8, 4) is 6.07 Å². The number of nitriles is 1. The van der Waals surface area contributed by atoms with Crippen LogP contribution in [0.25, 0.3) is 0 Å². The molecule has 0 N–H and O–H groups in total. The fraction of sp³-hybridized carbons (Fsp3) is 0.350. The van der Waals surface area contributed by atoms with Gasteiger partial charge in [-0.15, -0.1) is 0 Å². The van der Waals surface area contributed by atoms with Crippen LogP contribution in [0.5, 0.6) is 0 Å². The minimum absolute atomic E-state index is 0.564. The molecule has 0 saturated carbocycles. The number of hydrogen-bond donors (Lipinski definition) is 0. The fourth-order valence-corrected chi connectivity index (χ4v) is 4.24. The molecule has 2 aromatic carbocycles. The van der Waals surface area contributed by atoms with Crippen molar-refractivity contribution in [2.24, 2.45) is 0 Å². The third-order valence-corrected chi connectivity index (χ3v) is 5.79. The normalized spacial score (nSPS) is 14.7. The lowest BCUT2D eigenvalue weighted by Gasteiger charge is -2.27. The van der Waals surface area contributed by atoms with Crippen molar-refractivity contribution in [1.29, 1.82) is 5.26 Å². The minimum atomic E-state index is -1.27. The van der Waals surface area contributed by atoms with E-state index >= 15 is 0 Å². The summed E-state index contributed by atoms with van der Waals surface area (Å²) in [6.07, 6.45) is 2.43. The van der Waals surface area contributed by atoms with Crippen molar-refractivity contribution >= 4 is 10.8 Å². The number of hydrogen-bond acceptors (Lipinski definition) is 2. The van der Waals surface area contributed by atoms with E-state index in [4.69, 9.17) is 0 Å². The standard InChI is InChI=1S/C20H23NOS/c1-4-14-20(5-2,15-21)18-8-6-7-9-19(18)23(22)17-12-10-16(3)11-13-17/h6-13H,4-5,14H2,1-3H3/t20-,23?/m0/s1. The maximum absolute atomic E-state index is 13.1. The molecular formula is C20H23NOS. The van der Waals surface area contributed by atoms with Crippen LogP contribution in [0.4, 0.5) is 0 Å². The zero-order valence-electron chi connectivity index (χ0n) is 14.0. The molecule has 0 aromatic heterocycles. The van der Waals surface area contributed by atoms with Crippen LogP contribution >= 0.6 is 0 Å². The lowest BCUT2D eigenvalue weighted by Crippen LogP contribution is -2.25. The van der Waals surface area contributed by atoms with Gasteiger partial charge >= 0.3 is 0 Å². The Labute approximate surface area is 141 Å². The Morgan fingerprint density at radius 2 is 1.74 bits per heavy atom. The van der Waals surface area contributed by atoms with Gasteiger partial charge in [-0.1, -0.05) is 56.2 Å². The second kappa shape index (κ2) is 7.57. The maximum Gasteiger partial charge on any atom is 0.0852 e. The van der Waals surface area contributed by atoms with Crippen molar-refractivity contribution < 1.29 is 4.21 Å². The molecule has 0 saturated heterocycles. The Hall–Kier alpha value is -1.92. The van der Waals surface area contributed by atoms with Crippen LogP contribution in [0.15, 0.2) is 58.3 Å². The molecule has 0 amide bonds. The van der Waals surface area contributed by atoms with E-state index < -0.39 is 16.2 Å². The topological polar surface area (TPSA) is 40.9 Å². The van der Waals surface area contributed by atoms with Gasteiger partial charge in [0.15, 0.2) is 0 Å². The van der Waals surface area contributed by atoms with Crippen molar-refractivity contribution in [1.82, 2.24) is 0 Å². The lowest BCUT2D eigenvalue weighted by atomic mass is 9.76. The average molecular weight is 325 g/mol. The summed E-state index contributed by atoms with van der Waals surface area (Å²) >= 11 is 0. The van der Waals surface area contributed by atoms with Crippen LogP contribution in [0.1, 0.15) is 44.2 Å². The first kappa shape index (κ1) is 17.4. The summed E-state index contributed by atoms with van der Waals surface area (Å²) in [5.74, 6) is 0. The van der Waals surface area contributed by atoms with Crippen LogP contribution in [-0.2, 0) is 16.2 Å². The molecule has 0 aliphatic carbocycles. The fourth-order valence-electron chi connectivity index (χ4n) is 2.94. The van der Waals surface area contributed by atoms with E-state index in [2.05, 4.69) is 13.0 Å². The zero-order chi connectivity index (χ0) is 16.9.